The maximum atomic E-state index is 12.8. The second kappa shape index (κ2) is 8.78. The Bertz CT molecular complexity index is 1080. The van der Waals surface area contributed by atoms with Crippen molar-refractivity contribution in [3.8, 4) is 11.4 Å². The van der Waals surface area contributed by atoms with Gasteiger partial charge in [0.25, 0.3) is 10.0 Å². The molecule has 0 saturated carbocycles. The van der Waals surface area contributed by atoms with Gasteiger partial charge in [0.05, 0.1) is 36.4 Å². The van der Waals surface area contributed by atoms with Gasteiger partial charge in [-0.25, -0.2) is 13.1 Å². The number of anilines is 1. The molecule has 3 rings (SSSR count). The van der Waals surface area contributed by atoms with Gasteiger partial charge in [0.1, 0.15) is 11.6 Å². The van der Waals surface area contributed by atoms with Gasteiger partial charge in [-0.3, -0.25) is 9.52 Å². The molecule has 0 amide bonds. The highest BCUT2D eigenvalue weighted by Crippen LogP contribution is 2.22. The number of esters is 1. The van der Waals surface area contributed by atoms with E-state index in [1.54, 1.807) is 13.0 Å². The summed E-state index contributed by atoms with van der Waals surface area (Å²) in [7, 11) is -2.52. The number of carbonyl (C=O) groups excluding carboxylic acids is 1. The number of para-hydroxylation sites is 1. The number of aryl methyl sites for hydroxylation is 1. The number of nitrogens with one attached hydrogen (secondary N) is 1. The van der Waals surface area contributed by atoms with E-state index in [9.17, 15) is 13.2 Å². The fourth-order valence-corrected chi connectivity index (χ4v) is 3.64. The standard InChI is InChI=1S/C20H21N3O5S/c1-15-14-19(23(21-15)16-6-4-3-5-7-16)22-29(25,26)18-10-8-17(9-11-18)28-13-12-20(24)27-2/h3-11,14,22H,12-13H2,1-2H3. The topological polar surface area (TPSA) is 99.5 Å². The maximum absolute atomic E-state index is 12.8. The van der Waals surface area contributed by atoms with E-state index in [1.165, 1.54) is 36.1 Å². The van der Waals surface area contributed by atoms with Crippen molar-refractivity contribution in [3.05, 3.63) is 66.4 Å². The molecule has 0 radical (unpaired) electrons. The molecular weight excluding hydrogens is 394 g/mol. The molecule has 0 unspecified atom stereocenters. The van der Waals surface area contributed by atoms with Crippen molar-refractivity contribution >= 4 is 21.8 Å². The fraction of sp³-hybridized carbons (Fsp3) is 0.200. The lowest BCUT2D eigenvalue weighted by Crippen LogP contribution is -2.16. The monoisotopic (exact) mass is 415 g/mol. The van der Waals surface area contributed by atoms with Gasteiger partial charge in [-0.1, -0.05) is 18.2 Å². The molecule has 3 aromatic rings. The van der Waals surface area contributed by atoms with E-state index in [4.69, 9.17) is 4.74 Å². The van der Waals surface area contributed by atoms with E-state index in [-0.39, 0.29) is 23.9 Å². The minimum absolute atomic E-state index is 0.0799. The number of carbonyl (C=O) groups is 1. The molecule has 1 heterocycles. The normalized spacial score (nSPS) is 11.1. The molecule has 2 aromatic carbocycles. The van der Waals surface area contributed by atoms with Gasteiger partial charge in [0, 0.05) is 6.07 Å². The van der Waals surface area contributed by atoms with Crippen LogP contribution >= 0.6 is 0 Å². The molecule has 0 bridgehead atoms. The van der Waals surface area contributed by atoms with Crippen LogP contribution in [0, 0.1) is 6.92 Å². The molecule has 152 valence electrons. The van der Waals surface area contributed by atoms with Crippen LogP contribution < -0.4 is 9.46 Å². The zero-order valence-electron chi connectivity index (χ0n) is 16.0. The summed E-state index contributed by atoms with van der Waals surface area (Å²) in [5, 5.41) is 4.36. The summed E-state index contributed by atoms with van der Waals surface area (Å²) in [6, 6.07) is 16.9. The zero-order chi connectivity index (χ0) is 20.9. The van der Waals surface area contributed by atoms with E-state index in [1.807, 2.05) is 30.3 Å². The Morgan fingerprint density at radius 2 is 1.79 bits per heavy atom. The Morgan fingerprint density at radius 1 is 1.10 bits per heavy atom. The third kappa shape index (κ3) is 5.14. The Morgan fingerprint density at radius 3 is 2.45 bits per heavy atom. The molecule has 0 saturated heterocycles. The Balaban J connectivity index is 1.74. The van der Waals surface area contributed by atoms with Gasteiger partial charge < -0.3 is 9.47 Å². The number of ether oxygens (including phenoxy) is 2. The molecule has 9 heteroatoms. The van der Waals surface area contributed by atoms with Crippen molar-refractivity contribution in [1.82, 2.24) is 9.78 Å². The highest BCUT2D eigenvalue weighted by Gasteiger charge is 2.18. The summed E-state index contributed by atoms with van der Waals surface area (Å²) in [6.45, 7) is 1.93. The summed E-state index contributed by atoms with van der Waals surface area (Å²) in [6.07, 6.45) is 0.112. The van der Waals surface area contributed by atoms with Crippen LogP contribution in [0.15, 0.2) is 65.6 Å². The average Bonchev–Trinajstić information content (AvgIpc) is 3.08. The predicted molar refractivity (Wildman–Crippen MR) is 108 cm³/mol. The number of nitrogens with zero attached hydrogens (tertiary/aromatic N) is 2. The van der Waals surface area contributed by atoms with Crippen LogP contribution in [0.25, 0.3) is 5.69 Å². The van der Waals surface area contributed by atoms with Crippen LogP contribution in [0.3, 0.4) is 0 Å². The lowest BCUT2D eigenvalue weighted by molar-refractivity contribution is -0.141. The summed E-state index contributed by atoms with van der Waals surface area (Å²) >= 11 is 0. The van der Waals surface area contributed by atoms with E-state index < -0.39 is 10.0 Å². The van der Waals surface area contributed by atoms with Gasteiger partial charge in [-0.15, -0.1) is 0 Å². The van der Waals surface area contributed by atoms with E-state index in [2.05, 4.69) is 14.6 Å². The van der Waals surface area contributed by atoms with E-state index in [0.29, 0.717) is 17.3 Å². The van der Waals surface area contributed by atoms with Crippen LogP contribution in [-0.2, 0) is 19.6 Å². The van der Waals surface area contributed by atoms with Crippen LogP contribution in [0.4, 0.5) is 5.82 Å². The van der Waals surface area contributed by atoms with Crippen LogP contribution in [0.1, 0.15) is 12.1 Å². The summed E-state index contributed by atoms with van der Waals surface area (Å²) in [4.78, 5) is 11.2. The van der Waals surface area contributed by atoms with Crippen molar-refractivity contribution in [2.24, 2.45) is 0 Å². The first-order valence-electron chi connectivity index (χ1n) is 8.83. The molecule has 0 aliphatic rings. The molecular formula is C20H21N3O5S. The smallest absolute Gasteiger partial charge is 0.308 e. The minimum atomic E-state index is -3.83. The molecule has 8 nitrogen and oxygen atoms in total. The predicted octanol–water partition coefficient (Wildman–Crippen LogP) is 2.92. The van der Waals surface area contributed by atoms with Crippen molar-refractivity contribution in [1.29, 1.82) is 0 Å². The van der Waals surface area contributed by atoms with Gasteiger partial charge in [-0.05, 0) is 43.3 Å². The number of methoxy groups -OCH3 is 1. The van der Waals surface area contributed by atoms with E-state index in [0.717, 1.165) is 5.69 Å². The van der Waals surface area contributed by atoms with Gasteiger partial charge in [0.15, 0.2) is 0 Å². The Labute approximate surface area is 169 Å². The number of hydrogen-bond donors (Lipinski definition) is 1. The molecule has 0 aliphatic carbocycles. The van der Waals surface area contributed by atoms with E-state index >= 15 is 0 Å². The highest BCUT2D eigenvalue weighted by atomic mass is 32.2. The lowest BCUT2D eigenvalue weighted by Gasteiger charge is -2.11. The molecule has 29 heavy (non-hydrogen) atoms. The molecule has 0 spiro atoms. The van der Waals surface area contributed by atoms with Crippen LogP contribution in [0.2, 0.25) is 0 Å². The zero-order valence-corrected chi connectivity index (χ0v) is 16.8. The summed E-state index contributed by atoms with van der Waals surface area (Å²) < 4.78 is 39.7. The number of aromatic nitrogens is 2. The van der Waals surface area contributed by atoms with Gasteiger partial charge >= 0.3 is 5.97 Å². The number of hydrogen-bond acceptors (Lipinski definition) is 6. The Hall–Kier alpha value is -3.33. The summed E-state index contributed by atoms with van der Waals surface area (Å²) in [5.41, 5.74) is 1.42. The summed E-state index contributed by atoms with van der Waals surface area (Å²) in [5.74, 6) is 0.420. The van der Waals surface area contributed by atoms with Crippen molar-refractivity contribution in [3.63, 3.8) is 0 Å². The first-order valence-corrected chi connectivity index (χ1v) is 10.3. The largest absolute Gasteiger partial charge is 0.493 e. The fourth-order valence-electron chi connectivity index (χ4n) is 2.60. The molecule has 0 atom stereocenters. The molecule has 1 N–H and O–H groups in total. The molecule has 0 aliphatic heterocycles. The lowest BCUT2D eigenvalue weighted by atomic mass is 10.3. The third-order valence-corrected chi connectivity index (χ3v) is 5.38. The highest BCUT2D eigenvalue weighted by molar-refractivity contribution is 7.92. The number of benzene rings is 2. The van der Waals surface area contributed by atoms with Crippen LogP contribution in [-0.4, -0.2) is 37.9 Å². The SMILES string of the molecule is COC(=O)CCOc1ccc(S(=O)(=O)Nc2cc(C)nn2-c2ccccc2)cc1. The molecule has 0 fully saturated rings. The quantitative estimate of drug-likeness (QED) is 0.568. The van der Waals surface area contributed by atoms with Crippen LogP contribution in [0.5, 0.6) is 5.75 Å². The first-order chi connectivity index (χ1) is 13.9. The molecule has 1 aromatic heterocycles. The Kier molecular flexibility index (Phi) is 6.18. The van der Waals surface area contributed by atoms with Crippen molar-refractivity contribution in [2.75, 3.05) is 18.4 Å². The first kappa shape index (κ1) is 20.4. The van der Waals surface area contributed by atoms with Crippen molar-refractivity contribution in [2.45, 2.75) is 18.2 Å². The van der Waals surface area contributed by atoms with Gasteiger partial charge in [-0.2, -0.15) is 5.10 Å². The minimum Gasteiger partial charge on any atom is -0.493 e. The maximum Gasteiger partial charge on any atom is 0.308 e. The second-order valence-corrected chi connectivity index (χ2v) is 7.85. The number of sulfonamides is 1. The third-order valence-electron chi connectivity index (χ3n) is 4.01. The second-order valence-electron chi connectivity index (χ2n) is 6.17. The van der Waals surface area contributed by atoms with Gasteiger partial charge in [0.2, 0.25) is 0 Å². The average molecular weight is 415 g/mol. The number of rotatable bonds is 8. The van der Waals surface area contributed by atoms with Crippen molar-refractivity contribution < 1.29 is 22.7 Å².